The Kier molecular flexibility index (Phi) is 3.96. The van der Waals surface area contributed by atoms with Crippen LogP contribution in [-0.4, -0.2) is 38.6 Å². The average molecular weight is 271 g/mol. The lowest BCUT2D eigenvalue weighted by atomic mass is 10.2. The van der Waals surface area contributed by atoms with Gasteiger partial charge in [0.2, 0.25) is 4.77 Å². The molecule has 1 fully saturated rings. The van der Waals surface area contributed by atoms with E-state index in [1.54, 1.807) is 4.57 Å². The van der Waals surface area contributed by atoms with E-state index in [0.717, 1.165) is 12.0 Å². The van der Waals surface area contributed by atoms with Crippen molar-refractivity contribution in [2.75, 3.05) is 12.3 Å². The van der Waals surface area contributed by atoms with Crippen molar-refractivity contribution < 1.29 is 14.9 Å². The molecule has 2 rings (SSSR count). The highest BCUT2D eigenvalue weighted by atomic mass is 32.1. The zero-order valence-corrected chi connectivity index (χ0v) is 10.9. The first-order chi connectivity index (χ1) is 8.56. The normalized spacial score (nSPS) is 27.6. The molecule has 1 saturated heterocycles. The van der Waals surface area contributed by atoms with Gasteiger partial charge >= 0.3 is 0 Å². The van der Waals surface area contributed by atoms with E-state index in [9.17, 15) is 5.11 Å². The summed E-state index contributed by atoms with van der Waals surface area (Å²) in [6.07, 6.45) is 1.27. The second-order valence-corrected chi connectivity index (χ2v) is 4.67. The van der Waals surface area contributed by atoms with E-state index in [1.165, 1.54) is 0 Å². The minimum absolute atomic E-state index is 0.214. The number of anilines is 1. The van der Waals surface area contributed by atoms with Crippen molar-refractivity contribution in [3.8, 4) is 0 Å². The van der Waals surface area contributed by atoms with Crippen LogP contribution >= 0.6 is 12.2 Å². The SMILES string of the molecule is CCc1cn([C@@H]2C[C@@H](O)[C@H](CO)O2)c(=S)nc1N. The van der Waals surface area contributed by atoms with E-state index in [-0.39, 0.29) is 6.61 Å². The fraction of sp³-hybridized carbons (Fsp3) is 0.636. The second-order valence-electron chi connectivity index (χ2n) is 4.31. The van der Waals surface area contributed by atoms with Crippen molar-refractivity contribution >= 4 is 18.0 Å². The highest BCUT2D eigenvalue weighted by Gasteiger charge is 2.34. The Labute approximate surface area is 110 Å². The summed E-state index contributed by atoms with van der Waals surface area (Å²) in [7, 11) is 0. The number of hydrogen-bond donors (Lipinski definition) is 3. The Hall–Kier alpha value is -1.02. The number of nitrogens with zero attached hydrogens (tertiary/aromatic N) is 2. The summed E-state index contributed by atoms with van der Waals surface area (Å²) < 4.78 is 7.55. The summed E-state index contributed by atoms with van der Waals surface area (Å²) in [5, 5.41) is 18.8. The van der Waals surface area contributed by atoms with E-state index < -0.39 is 18.4 Å². The molecule has 2 heterocycles. The van der Waals surface area contributed by atoms with Crippen molar-refractivity contribution in [2.45, 2.75) is 38.2 Å². The number of nitrogens with two attached hydrogens (primary N) is 1. The van der Waals surface area contributed by atoms with Gasteiger partial charge in [-0.25, -0.2) is 4.98 Å². The van der Waals surface area contributed by atoms with Gasteiger partial charge in [0, 0.05) is 18.2 Å². The van der Waals surface area contributed by atoms with Crippen LogP contribution in [-0.2, 0) is 11.2 Å². The lowest BCUT2D eigenvalue weighted by Gasteiger charge is -2.17. The summed E-state index contributed by atoms with van der Waals surface area (Å²) in [5.41, 5.74) is 6.64. The van der Waals surface area contributed by atoms with Gasteiger partial charge in [0.15, 0.2) is 0 Å². The van der Waals surface area contributed by atoms with Crippen molar-refractivity contribution in [3.63, 3.8) is 0 Å². The fourth-order valence-corrected chi connectivity index (χ4v) is 2.32. The summed E-state index contributed by atoms with van der Waals surface area (Å²) in [4.78, 5) is 4.10. The summed E-state index contributed by atoms with van der Waals surface area (Å²) in [6, 6.07) is 0. The van der Waals surface area contributed by atoms with Crippen LogP contribution in [0.4, 0.5) is 5.82 Å². The van der Waals surface area contributed by atoms with Crippen LogP contribution in [0.3, 0.4) is 0 Å². The van der Waals surface area contributed by atoms with Crippen molar-refractivity contribution in [1.82, 2.24) is 9.55 Å². The molecule has 0 radical (unpaired) electrons. The largest absolute Gasteiger partial charge is 0.394 e. The highest BCUT2D eigenvalue weighted by Crippen LogP contribution is 2.29. The maximum absolute atomic E-state index is 9.72. The molecule has 18 heavy (non-hydrogen) atoms. The molecular weight excluding hydrogens is 254 g/mol. The molecule has 6 nitrogen and oxygen atoms in total. The predicted molar refractivity (Wildman–Crippen MR) is 68.5 cm³/mol. The van der Waals surface area contributed by atoms with Gasteiger partial charge in [0.1, 0.15) is 18.1 Å². The van der Waals surface area contributed by atoms with E-state index in [1.807, 2.05) is 13.1 Å². The minimum atomic E-state index is -0.690. The van der Waals surface area contributed by atoms with Crippen molar-refractivity contribution in [3.05, 3.63) is 16.5 Å². The quantitative estimate of drug-likeness (QED) is 0.689. The van der Waals surface area contributed by atoms with Crippen molar-refractivity contribution in [2.24, 2.45) is 0 Å². The molecule has 0 amide bonds. The van der Waals surface area contributed by atoms with Gasteiger partial charge in [0.25, 0.3) is 0 Å². The first-order valence-electron chi connectivity index (χ1n) is 5.88. The smallest absolute Gasteiger partial charge is 0.203 e. The van der Waals surface area contributed by atoms with Crippen LogP contribution in [0, 0.1) is 4.77 Å². The van der Waals surface area contributed by atoms with E-state index in [2.05, 4.69) is 4.98 Å². The number of nitrogen functional groups attached to an aromatic ring is 1. The monoisotopic (exact) mass is 271 g/mol. The molecule has 1 aromatic heterocycles. The number of ether oxygens (including phenoxy) is 1. The Morgan fingerprint density at radius 2 is 2.39 bits per heavy atom. The maximum atomic E-state index is 9.72. The molecule has 0 unspecified atom stereocenters. The molecule has 1 aliphatic heterocycles. The second kappa shape index (κ2) is 5.31. The van der Waals surface area contributed by atoms with Gasteiger partial charge in [-0.2, -0.15) is 0 Å². The first-order valence-corrected chi connectivity index (χ1v) is 6.29. The first kappa shape index (κ1) is 13.4. The third-order valence-corrected chi connectivity index (χ3v) is 3.44. The van der Waals surface area contributed by atoms with Crippen LogP contribution in [0.5, 0.6) is 0 Å². The van der Waals surface area contributed by atoms with Gasteiger partial charge in [-0.05, 0) is 18.6 Å². The summed E-state index contributed by atoms with van der Waals surface area (Å²) >= 11 is 5.14. The zero-order chi connectivity index (χ0) is 13.3. The van der Waals surface area contributed by atoms with Gasteiger partial charge in [-0.1, -0.05) is 6.92 Å². The van der Waals surface area contributed by atoms with Gasteiger partial charge in [-0.15, -0.1) is 0 Å². The Balaban J connectivity index is 2.32. The average Bonchev–Trinajstić information content (AvgIpc) is 2.70. The molecule has 0 aromatic carbocycles. The molecule has 1 aliphatic rings. The molecular formula is C11H17N3O3S. The Bertz CT molecular complexity index is 491. The van der Waals surface area contributed by atoms with Crippen LogP contribution in [0.25, 0.3) is 0 Å². The number of hydrogen-bond acceptors (Lipinski definition) is 6. The van der Waals surface area contributed by atoms with Crippen LogP contribution < -0.4 is 5.73 Å². The molecule has 4 N–H and O–H groups in total. The van der Waals surface area contributed by atoms with Gasteiger partial charge in [0.05, 0.1) is 12.7 Å². The zero-order valence-electron chi connectivity index (χ0n) is 10.1. The molecule has 0 bridgehead atoms. The molecule has 100 valence electrons. The lowest BCUT2D eigenvalue weighted by molar-refractivity contribution is -0.0453. The fourth-order valence-electron chi connectivity index (χ4n) is 2.05. The third kappa shape index (κ3) is 2.39. The molecule has 0 aliphatic carbocycles. The number of aliphatic hydroxyl groups is 2. The number of aliphatic hydroxyl groups excluding tert-OH is 2. The highest BCUT2D eigenvalue weighted by molar-refractivity contribution is 7.71. The molecule has 1 aromatic rings. The topological polar surface area (TPSA) is 93.5 Å². The third-order valence-electron chi connectivity index (χ3n) is 3.14. The van der Waals surface area contributed by atoms with E-state index >= 15 is 0 Å². The number of aromatic nitrogens is 2. The van der Waals surface area contributed by atoms with Crippen LogP contribution in [0.2, 0.25) is 0 Å². The Morgan fingerprint density at radius 1 is 1.67 bits per heavy atom. The van der Waals surface area contributed by atoms with E-state index in [4.69, 9.17) is 27.8 Å². The van der Waals surface area contributed by atoms with Crippen LogP contribution in [0.15, 0.2) is 6.20 Å². The molecule has 7 heteroatoms. The van der Waals surface area contributed by atoms with E-state index in [0.29, 0.717) is 17.0 Å². The maximum Gasteiger partial charge on any atom is 0.203 e. The molecule has 0 spiro atoms. The van der Waals surface area contributed by atoms with Crippen molar-refractivity contribution in [1.29, 1.82) is 0 Å². The lowest BCUT2D eigenvalue weighted by Crippen LogP contribution is -2.24. The summed E-state index contributed by atoms with van der Waals surface area (Å²) in [6.45, 7) is 1.76. The van der Waals surface area contributed by atoms with Gasteiger partial charge in [-0.3, -0.25) is 4.57 Å². The summed E-state index contributed by atoms with van der Waals surface area (Å²) in [5.74, 6) is 0.427. The number of rotatable bonds is 3. The predicted octanol–water partition coefficient (Wildman–Crippen LogP) is 0.398. The number of aryl methyl sites for hydroxylation is 1. The standard InChI is InChI=1S/C11H17N3O3S/c1-2-6-4-14(11(18)13-10(6)12)9-3-7(16)8(5-15)17-9/h4,7-9,15-16H,2-3,5H2,1H3,(H2,12,13,18)/t7-,8+,9+/m1/s1. The molecule has 0 saturated carbocycles. The molecule has 3 atom stereocenters. The minimum Gasteiger partial charge on any atom is -0.394 e. The van der Waals surface area contributed by atoms with Gasteiger partial charge < -0.3 is 20.7 Å². The van der Waals surface area contributed by atoms with Crippen LogP contribution in [0.1, 0.15) is 25.1 Å². The Morgan fingerprint density at radius 3 is 2.94 bits per heavy atom.